The van der Waals surface area contributed by atoms with Gasteiger partial charge in [0.05, 0.1) is 7.11 Å². The molecule has 0 radical (unpaired) electrons. The summed E-state index contributed by atoms with van der Waals surface area (Å²) >= 11 is 0. The van der Waals surface area contributed by atoms with Gasteiger partial charge in [0.2, 0.25) is 0 Å². The zero-order valence-electron chi connectivity index (χ0n) is 10.4. The second-order valence-corrected chi connectivity index (χ2v) is 4.25. The van der Waals surface area contributed by atoms with E-state index >= 15 is 0 Å². The normalized spacial score (nSPS) is 10.6. The van der Waals surface area contributed by atoms with Crippen LogP contribution >= 0.6 is 0 Å². The van der Waals surface area contributed by atoms with Gasteiger partial charge in [0, 0.05) is 5.56 Å². The van der Waals surface area contributed by atoms with Gasteiger partial charge in [-0.25, -0.2) is 0 Å². The third-order valence-corrected chi connectivity index (χ3v) is 3.07. The molecule has 2 aromatic carbocycles. The van der Waals surface area contributed by atoms with Gasteiger partial charge in [-0.1, -0.05) is 18.2 Å². The highest BCUT2D eigenvalue weighted by Gasteiger charge is 2.05. The van der Waals surface area contributed by atoms with E-state index in [-0.39, 0.29) is 0 Å². The first-order chi connectivity index (χ1) is 9.30. The van der Waals surface area contributed by atoms with E-state index in [0.29, 0.717) is 17.8 Å². The SMILES string of the molecule is COc1ccc2cc(-c3ccc(C=O)o3)ccc2c1. The molecule has 0 bridgehead atoms. The highest BCUT2D eigenvalue weighted by atomic mass is 16.5. The molecule has 1 heterocycles. The number of hydrogen-bond acceptors (Lipinski definition) is 3. The molecule has 0 saturated heterocycles. The molecule has 0 unspecified atom stereocenters. The second-order valence-electron chi connectivity index (χ2n) is 4.25. The standard InChI is InChI=1S/C16H12O3/c1-18-14-5-4-11-8-13(3-2-12(11)9-14)16-7-6-15(10-17)19-16/h2-10H,1H3. The lowest BCUT2D eigenvalue weighted by molar-refractivity contribution is 0.110. The fourth-order valence-electron chi connectivity index (χ4n) is 2.08. The molecule has 3 aromatic rings. The Balaban J connectivity index is 2.08. The number of carbonyl (C=O) groups is 1. The number of ether oxygens (including phenoxy) is 1. The molecular formula is C16H12O3. The predicted octanol–water partition coefficient (Wildman–Crippen LogP) is 3.92. The van der Waals surface area contributed by atoms with Gasteiger partial charge in [0.25, 0.3) is 0 Å². The summed E-state index contributed by atoms with van der Waals surface area (Å²) in [6, 6.07) is 15.4. The zero-order valence-corrected chi connectivity index (χ0v) is 10.4. The van der Waals surface area contributed by atoms with E-state index < -0.39 is 0 Å². The Hall–Kier alpha value is -2.55. The number of rotatable bonds is 3. The maximum atomic E-state index is 10.6. The fourth-order valence-corrected chi connectivity index (χ4v) is 2.08. The highest BCUT2D eigenvalue weighted by molar-refractivity contribution is 5.88. The summed E-state index contributed by atoms with van der Waals surface area (Å²) in [6.07, 6.45) is 0.704. The fraction of sp³-hybridized carbons (Fsp3) is 0.0625. The first kappa shape index (κ1) is 11.5. The largest absolute Gasteiger partial charge is 0.497 e. The molecule has 0 aliphatic carbocycles. The molecule has 0 atom stereocenters. The Kier molecular flexibility index (Phi) is 2.80. The van der Waals surface area contributed by atoms with Crippen molar-refractivity contribution in [3.8, 4) is 17.1 Å². The maximum absolute atomic E-state index is 10.6. The minimum absolute atomic E-state index is 0.338. The lowest BCUT2D eigenvalue weighted by Gasteiger charge is -2.04. The Morgan fingerprint density at radius 3 is 2.53 bits per heavy atom. The zero-order chi connectivity index (χ0) is 13.2. The van der Waals surface area contributed by atoms with Crippen molar-refractivity contribution in [3.63, 3.8) is 0 Å². The van der Waals surface area contributed by atoms with Gasteiger partial charge < -0.3 is 9.15 Å². The van der Waals surface area contributed by atoms with Crippen molar-refractivity contribution in [1.82, 2.24) is 0 Å². The van der Waals surface area contributed by atoms with Gasteiger partial charge in [-0.3, -0.25) is 4.79 Å². The van der Waals surface area contributed by atoms with Crippen LogP contribution in [0.3, 0.4) is 0 Å². The molecule has 3 nitrogen and oxygen atoms in total. The van der Waals surface area contributed by atoms with Gasteiger partial charge in [-0.05, 0) is 41.1 Å². The summed E-state index contributed by atoms with van der Waals surface area (Å²) < 4.78 is 10.6. The molecule has 0 N–H and O–H groups in total. The van der Waals surface area contributed by atoms with E-state index in [1.807, 2.05) is 36.4 Å². The van der Waals surface area contributed by atoms with Gasteiger partial charge in [-0.2, -0.15) is 0 Å². The van der Waals surface area contributed by atoms with Crippen molar-refractivity contribution < 1.29 is 13.9 Å². The topological polar surface area (TPSA) is 39.4 Å². The minimum atomic E-state index is 0.338. The van der Waals surface area contributed by atoms with Crippen LogP contribution in [0.2, 0.25) is 0 Å². The van der Waals surface area contributed by atoms with E-state index in [9.17, 15) is 4.79 Å². The van der Waals surface area contributed by atoms with E-state index in [2.05, 4.69) is 0 Å². The lowest BCUT2D eigenvalue weighted by Crippen LogP contribution is -1.82. The molecule has 1 aromatic heterocycles. The summed E-state index contributed by atoms with van der Waals surface area (Å²) in [4.78, 5) is 10.6. The minimum Gasteiger partial charge on any atom is -0.497 e. The molecule has 3 rings (SSSR count). The van der Waals surface area contributed by atoms with Crippen LogP contribution in [0.15, 0.2) is 52.9 Å². The van der Waals surface area contributed by atoms with E-state index in [1.165, 1.54) is 0 Å². The van der Waals surface area contributed by atoms with Crippen molar-refractivity contribution >= 4 is 17.1 Å². The quantitative estimate of drug-likeness (QED) is 0.663. The molecule has 0 fully saturated rings. The van der Waals surface area contributed by atoms with Crippen LogP contribution in [-0.4, -0.2) is 13.4 Å². The van der Waals surface area contributed by atoms with Crippen LogP contribution in [0, 0.1) is 0 Å². The molecular weight excluding hydrogens is 240 g/mol. The summed E-state index contributed by atoms with van der Waals surface area (Å²) in [5.41, 5.74) is 0.950. The Bertz CT molecular complexity index is 741. The summed E-state index contributed by atoms with van der Waals surface area (Å²) in [7, 11) is 1.65. The van der Waals surface area contributed by atoms with Crippen molar-refractivity contribution in [3.05, 3.63) is 54.3 Å². The first-order valence-electron chi connectivity index (χ1n) is 5.93. The molecule has 94 valence electrons. The van der Waals surface area contributed by atoms with Crippen LogP contribution < -0.4 is 4.74 Å². The van der Waals surface area contributed by atoms with Crippen LogP contribution in [-0.2, 0) is 0 Å². The Morgan fingerprint density at radius 2 is 1.79 bits per heavy atom. The first-order valence-corrected chi connectivity index (χ1v) is 5.93. The summed E-state index contributed by atoms with van der Waals surface area (Å²) in [5.74, 6) is 1.87. The molecule has 0 saturated carbocycles. The molecule has 0 aliphatic rings. The lowest BCUT2D eigenvalue weighted by atomic mass is 10.1. The number of carbonyl (C=O) groups excluding carboxylic acids is 1. The number of methoxy groups -OCH3 is 1. The van der Waals surface area contributed by atoms with Crippen LogP contribution in [0.4, 0.5) is 0 Å². The number of furan rings is 1. The van der Waals surface area contributed by atoms with Gasteiger partial charge >= 0.3 is 0 Å². The average Bonchev–Trinajstić information content (AvgIpc) is 2.95. The predicted molar refractivity (Wildman–Crippen MR) is 73.6 cm³/mol. The number of fused-ring (bicyclic) bond motifs is 1. The van der Waals surface area contributed by atoms with Crippen molar-refractivity contribution in [1.29, 1.82) is 0 Å². The molecule has 0 spiro atoms. The van der Waals surface area contributed by atoms with Crippen molar-refractivity contribution in [2.24, 2.45) is 0 Å². The summed E-state index contributed by atoms with van der Waals surface area (Å²) in [5, 5.41) is 2.20. The van der Waals surface area contributed by atoms with Gasteiger partial charge in [-0.15, -0.1) is 0 Å². The third kappa shape index (κ3) is 2.10. The maximum Gasteiger partial charge on any atom is 0.185 e. The van der Waals surface area contributed by atoms with Crippen LogP contribution in [0.5, 0.6) is 5.75 Å². The summed E-state index contributed by atoms with van der Waals surface area (Å²) in [6.45, 7) is 0. The number of benzene rings is 2. The Morgan fingerprint density at radius 1 is 1.00 bits per heavy atom. The number of hydrogen-bond donors (Lipinski definition) is 0. The Labute approximate surface area is 110 Å². The van der Waals surface area contributed by atoms with E-state index in [1.54, 1.807) is 19.2 Å². The van der Waals surface area contributed by atoms with E-state index in [4.69, 9.17) is 9.15 Å². The molecule has 0 aliphatic heterocycles. The van der Waals surface area contributed by atoms with Crippen LogP contribution in [0.1, 0.15) is 10.6 Å². The smallest absolute Gasteiger partial charge is 0.185 e. The highest BCUT2D eigenvalue weighted by Crippen LogP contribution is 2.27. The van der Waals surface area contributed by atoms with Gasteiger partial charge in [0.1, 0.15) is 11.5 Å². The van der Waals surface area contributed by atoms with Gasteiger partial charge in [0.15, 0.2) is 12.0 Å². The molecule has 19 heavy (non-hydrogen) atoms. The number of aldehydes is 1. The van der Waals surface area contributed by atoms with Crippen molar-refractivity contribution in [2.45, 2.75) is 0 Å². The van der Waals surface area contributed by atoms with Crippen molar-refractivity contribution in [2.75, 3.05) is 7.11 Å². The molecule has 3 heteroatoms. The van der Waals surface area contributed by atoms with E-state index in [0.717, 1.165) is 22.1 Å². The van der Waals surface area contributed by atoms with Crippen LogP contribution in [0.25, 0.3) is 22.1 Å². The average molecular weight is 252 g/mol. The second kappa shape index (κ2) is 4.61. The monoisotopic (exact) mass is 252 g/mol. The third-order valence-electron chi connectivity index (χ3n) is 3.07. The molecule has 0 amide bonds.